The summed E-state index contributed by atoms with van der Waals surface area (Å²) in [6.07, 6.45) is 1.99. The Labute approximate surface area is 147 Å². The van der Waals surface area contributed by atoms with Gasteiger partial charge in [-0.1, -0.05) is 0 Å². The lowest BCUT2D eigenvalue weighted by molar-refractivity contribution is 0.158. The lowest BCUT2D eigenvalue weighted by Gasteiger charge is -2.21. The van der Waals surface area contributed by atoms with Crippen molar-refractivity contribution < 1.29 is 13.2 Å². The first-order valence-electron chi connectivity index (χ1n) is 8.12. The molecule has 2 heterocycles. The van der Waals surface area contributed by atoms with Gasteiger partial charge in [0.25, 0.3) is 5.56 Å². The number of methoxy groups -OCH3 is 1. The van der Waals surface area contributed by atoms with Crippen molar-refractivity contribution >= 4 is 10.0 Å². The molecule has 0 radical (unpaired) electrons. The van der Waals surface area contributed by atoms with E-state index in [2.05, 4.69) is 4.90 Å². The molecule has 2 rings (SSSR count). The van der Waals surface area contributed by atoms with Gasteiger partial charge in [0.05, 0.1) is 6.61 Å². The molecule has 1 fully saturated rings. The van der Waals surface area contributed by atoms with E-state index in [0.29, 0.717) is 13.2 Å². The van der Waals surface area contributed by atoms with Crippen LogP contribution in [0.1, 0.15) is 6.42 Å². The van der Waals surface area contributed by atoms with Crippen LogP contribution < -0.4 is 11.2 Å². The first-order valence-corrected chi connectivity index (χ1v) is 9.56. The van der Waals surface area contributed by atoms with Crippen molar-refractivity contribution in [1.82, 2.24) is 18.3 Å². The predicted molar refractivity (Wildman–Crippen MR) is 93.2 cm³/mol. The van der Waals surface area contributed by atoms with Gasteiger partial charge in [0.1, 0.15) is 0 Å². The summed E-state index contributed by atoms with van der Waals surface area (Å²) in [5, 5.41) is 0. The van der Waals surface area contributed by atoms with Crippen LogP contribution in [0.4, 0.5) is 0 Å². The quantitative estimate of drug-likeness (QED) is 0.587. The second-order valence-corrected chi connectivity index (χ2v) is 8.50. The first kappa shape index (κ1) is 19.8. The van der Waals surface area contributed by atoms with Crippen molar-refractivity contribution in [2.75, 3.05) is 46.9 Å². The monoisotopic (exact) mass is 374 g/mol. The highest BCUT2D eigenvalue weighted by Crippen LogP contribution is 2.19. The van der Waals surface area contributed by atoms with Gasteiger partial charge in [0, 0.05) is 54.1 Å². The van der Waals surface area contributed by atoms with E-state index < -0.39 is 21.3 Å². The molecule has 1 aromatic heterocycles. The van der Waals surface area contributed by atoms with Crippen LogP contribution in [0.15, 0.2) is 20.7 Å². The zero-order valence-corrected chi connectivity index (χ0v) is 16.0. The lowest BCUT2D eigenvalue weighted by atomic mass is 10.1. The van der Waals surface area contributed by atoms with Crippen LogP contribution in [-0.2, 0) is 28.9 Å². The molecule has 25 heavy (non-hydrogen) atoms. The third kappa shape index (κ3) is 4.20. The molecular formula is C15H26N4O5S. The molecule has 0 aromatic carbocycles. The standard InChI is InChI=1S/C15H26N4O5S/c1-16-11-13(14(20)18(3)15(16)21)25(22,23)17(2)9-12-5-6-19(10-12)7-8-24-4/h11-12H,5-10H2,1-4H3. The Morgan fingerprint density at radius 1 is 1.32 bits per heavy atom. The summed E-state index contributed by atoms with van der Waals surface area (Å²) in [7, 11) is 1.86. The van der Waals surface area contributed by atoms with Crippen LogP contribution in [0, 0.1) is 5.92 Å². The fraction of sp³-hybridized carbons (Fsp3) is 0.733. The van der Waals surface area contributed by atoms with Crippen molar-refractivity contribution in [2.45, 2.75) is 11.3 Å². The second-order valence-electron chi connectivity index (χ2n) is 6.48. The Morgan fingerprint density at radius 2 is 2.00 bits per heavy atom. The van der Waals surface area contributed by atoms with E-state index in [0.717, 1.165) is 41.4 Å². The van der Waals surface area contributed by atoms with Gasteiger partial charge < -0.3 is 14.2 Å². The Balaban J connectivity index is 2.16. The summed E-state index contributed by atoms with van der Waals surface area (Å²) in [4.78, 5) is 25.8. The molecule has 1 atom stereocenters. The van der Waals surface area contributed by atoms with Gasteiger partial charge in [-0.2, -0.15) is 0 Å². The van der Waals surface area contributed by atoms with Crippen molar-refractivity contribution in [3.8, 4) is 0 Å². The third-order valence-electron chi connectivity index (χ3n) is 4.60. The molecule has 1 saturated heterocycles. The predicted octanol–water partition coefficient (Wildman–Crippen LogP) is -1.33. The molecule has 142 valence electrons. The normalized spacial score (nSPS) is 19.0. The third-order valence-corrected chi connectivity index (χ3v) is 6.41. The minimum Gasteiger partial charge on any atom is -0.383 e. The summed E-state index contributed by atoms with van der Waals surface area (Å²) in [6, 6.07) is 0. The topological polar surface area (TPSA) is 93.8 Å². The summed E-state index contributed by atoms with van der Waals surface area (Å²) in [5.41, 5.74) is -1.36. The second kappa shape index (κ2) is 7.81. The average molecular weight is 374 g/mol. The molecule has 0 aliphatic carbocycles. The lowest BCUT2D eigenvalue weighted by Crippen LogP contribution is -2.42. The van der Waals surface area contributed by atoms with Crippen LogP contribution >= 0.6 is 0 Å². The largest absolute Gasteiger partial charge is 0.383 e. The van der Waals surface area contributed by atoms with Crippen LogP contribution in [0.3, 0.4) is 0 Å². The smallest absolute Gasteiger partial charge is 0.330 e. The van der Waals surface area contributed by atoms with E-state index in [9.17, 15) is 18.0 Å². The molecule has 0 amide bonds. The summed E-state index contributed by atoms with van der Waals surface area (Å²) in [5.74, 6) is 0.202. The number of ether oxygens (including phenoxy) is 1. The Morgan fingerprint density at radius 3 is 2.64 bits per heavy atom. The molecule has 0 N–H and O–H groups in total. The van der Waals surface area contributed by atoms with E-state index in [-0.39, 0.29) is 10.8 Å². The van der Waals surface area contributed by atoms with E-state index in [1.54, 1.807) is 7.11 Å². The van der Waals surface area contributed by atoms with Gasteiger partial charge in [0.15, 0.2) is 4.90 Å². The molecule has 1 unspecified atom stereocenters. The van der Waals surface area contributed by atoms with Gasteiger partial charge in [-0.15, -0.1) is 0 Å². The van der Waals surface area contributed by atoms with Gasteiger partial charge >= 0.3 is 5.69 Å². The van der Waals surface area contributed by atoms with E-state index in [1.165, 1.54) is 25.4 Å². The average Bonchev–Trinajstić information content (AvgIpc) is 3.01. The molecule has 0 saturated carbocycles. The Hall–Kier alpha value is -1.49. The highest BCUT2D eigenvalue weighted by atomic mass is 32.2. The fourth-order valence-corrected chi connectivity index (χ4v) is 4.46. The minimum absolute atomic E-state index is 0.202. The highest BCUT2D eigenvalue weighted by Gasteiger charge is 2.30. The molecule has 9 nitrogen and oxygen atoms in total. The Bertz CT molecular complexity index is 829. The van der Waals surface area contributed by atoms with Crippen molar-refractivity contribution in [1.29, 1.82) is 0 Å². The van der Waals surface area contributed by atoms with Crippen molar-refractivity contribution in [2.24, 2.45) is 20.0 Å². The number of rotatable bonds is 7. The first-order chi connectivity index (χ1) is 11.7. The summed E-state index contributed by atoms with van der Waals surface area (Å²) < 4.78 is 33.7. The minimum atomic E-state index is -3.96. The van der Waals surface area contributed by atoms with Crippen LogP contribution in [0.2, 0.25) is 0 Å². The van der Waals surface area contributed by atoms with Crippen molar-refractivity contribution in [3.63, 3.8) is 0 Å². The molecule has 1 aliphatic heterocycles. The SMILES string of the molecule is COCCN1CCC(CN(C)S(=O)(=O)c2cn(C)c(=O)n(C)c2=O)C1. The summed E-state index contributed by atoms with van der Waals surface area (Å²) in [6.45, 7) is 3.51. The van der Waals surface area contributed by atoms with Crippen molar-refractivity contribution in [3.05, 3.63) is 27.0 Å². The number of sulfonamides is 1. The molecular weight excluding hydrogens is 348 g/mol. The molecule has 0 spiro atoms. The van der Waals surface area contributed by atoms with Gasteiger partial charge in [-0.25, -0.2) is 17.5 Å². The number of likely N-dealkylation sites (tertiary alicyclic amines) is 1. The van der Waals surface area contributed by atoms with E-state index in [1.807, 2.05) is 0 Å². The molecule has 1 aromatic rings. The number of hydrogen-bond acceptors (Lipinski definition) is 6. The molecule has 1 aliphatic rings. The maximum absolute atomic E-state index is 12.8. The van der Waals surface area contributed by atoms with E-state index >= 15 is 0 Å². The molecule has 0 bridgehead atoms. The zero-order valence-electron chi connectivity index (χ0n) is 15.1. The van der Waals surface area contributed by atoms with Gasteiger partial charge in [-0.05, 0) is 18.9 Å². The van der Waals surface area contributed by atoms with Crippen LogP contribution in [0.5, 0.6) is 0 Å². The van der Waals surface area contributed by atoms with Crippen LogP contribution in [0.25, 0.3) is 0 Å². The summed E-state index contributed by atoms with van der Waals surface area (Å²) >= 11 is 0. The number of aromatic nitrogens is 2. The maximum Gasteiger partial charge on any atom is 0.330 e. The zero-order chi connectivity index (χ0) is 18.8. The number of hydrogen-bond donors (Lipinski definition) is 0. The number of nitrogens with zero attached hydrogens (tertiary/aromatic N) is 4. The van der Waals surface area contributed by atoms with Gasteiger partial charge in [0.2, 0.25) is 10.0 Å². The van der Waals surface area contributed by atoms with Gasteiger partial charge in [-0.3, -0.25) is 9.36 Å². The fourth-order valence-electron chi connectivity index (χ4n) is 3.07. The van der Waals surface area contributed by atoms with E-state index in [4.69, 9.17) is 4.74 Å². The Kier molecular flexibility index (Phi) is 6.20. The number of aryl methyl sites for hydroxylation is 1. The molecule has 10 heteroatoms. The van der Waals surface area contributed by atoms with Crippen LogP contribution in [-0.4, -0.2) is 73.7 Å². The maximum atomic E-state index is 12.8. The highest BCUT2D eigenvalue weighted by molar-refractivity contribution is 7.89.